The number of nitrogens with one attached hydrogen (secondary N) is 1. The Morgan fingerprint density at radius 3 is 3.04 bits per heavy atom. The van der Waals surface area contributed by atoms with Crippen LogP contribution in [0.2, 0.25) is 0 Å². The predicted molar refractivity (Wildman–Crippen MR) is 100 cm³/mol. The van der Waals surface area contributed by atoms with Crippen molar-refractivity contribution in [3.05, 3.63) is 45.9 Å². The summed E-state index contributed by atoms with van der Waals surface area (Å²) < 4.78 is 2.64. The molecular weight excluding hydrogens is 356 g/mol. The Labute approximate surface area is 152 Å². The van der Waals surface area contributed by atoms with Gasteiger partial charge in [-0.2, -0.15) is 0 Å². The number of carbonyl (C=O) groups excluding carboxylic acids is 1. The summed E-state index contributed by atoms with van der Waals surface area (Å²) in [6.07, 6.45) is 1.59. The Morgan fingerprint density at radius 1 is 1.36 bits per heavy atom. The topological polar surface area (TPSA) is 76.9 Å². The van der Waals surface area contributed by atoms with E-state index in [0.29, 0.717) is 28.1 Å². The van der Waals surface area contributed by atoms with Gasteiger partial charge in [0.15, 0.2) is 10.3 Å². The fourth-order valence-electron chi connectivity index (χ4n) is 2.75. The van der Waals surface area contributed by atoms with Crippen LogP contribution in [0.3, 0.4) is 0 Å². The van der Waals surface area contributed by atoms with Crippen molar-refractivity contribution in [3.8, 4) is 0 Å². The largest absolute Gasteiger partial charge is 0.302 e. The molecule has 128 valence electrons. The molecule has 0 spiro atoms. The van der Waals surface area contributed by atoms with E-state index in [1.54, 1.807) is 17.7 Å². The molecule has 1 aromatic carbocycles. The van der Waals surface area contributed by atoms with Gasteiger partial charge in [-0.05, 0) is 31.5 Å². The standard InChI is InChI=1S/C17H16N4O2S2/c1-9-3-4-12-13(5-9)25-16(19-12)20-14(22)11-7-21-15(23)10(2)6-18-17(21)24-8-11/h3-6,11H,7-8H2,1-2H3,(H,19,20,22). The lowest BCUT2D eigenvalue weighted by Gasteiger charge is -2.23. The molecule has 1 unspecified atom stereocenters. The number of nitrogens with zero attached hydrogens (tertiary/aromatic N) is 3. The molecule has 1 atom stereocenters. The van der Waals surface area contributed by atoms with E-state index in [0.717, 1.165) is 15.8 Å². The van der Waals surface area contributed by atoms with Crippen molar-refractivity contribution in [2.75, 3.05) is 11.1 Å². The molecule has 1 N–H and O–H groups in total. The van der Waals surface area contributed by atoms with Crippen molar-refractivity contribution in [1.82, 2.24) is 14.5 Å². The zero-order chi connectivity index (χ0) is 17.6. The lowest BCUT2D eigenvalue weighted by molar-refractivity contribution is -0.119. The summed E-state index contributed by atoms with van der Waals surface area (Å²) in [6, 6.07) is 6.02. The number of fused-ring (bicyclic) bond motifs is 2. The van der Waals surface area contributed by atoms with E-state index in [1.165, 1.54) is 23.1 Å². The van der Waals surface area contributed by atoms with Crippen LogP contribution in [0.25, 0.3) is 10.2 Å². The van der Waals surface area contributed by atoms with Crippen molar-refractivity contribution in [1.29, 1.82) is 0 Å². The van der Waals surface area contributed by atoms with Crippen LogP contribution in [0.5, 0.6) is 0 Å². The summed E-state index contributed by atoms with van der Waals surface area (Å²) in [7, 11) is 0. The highest BCUT2D eigenvalue weighted by molar-refractivity contribution is 7.99. The van der Waals surface area contributed by atoms with Crippen molar-refractivity contribution >= 4 is 44.4 Å². The molecule has 0 saturated carbocycles. The summed E-state index contributed by atoms with van der Waals surface area (Å²) in [6.45, 7) is 4.12. The summed E-state index contributed by atoms with van der Waals surface area (Å²) in [4.78, 5) is 33.6. The fourth-order valence-corrected chi connectivity index (χ4v) is 4.77. The molecular formula is C17H16N4O2S2. The van der Waals surface area contributed by atoms with Crippen molar-refractivity contribution in [2.45, 2.75) is 25.5 Å². The van der Waals surface area contributed by atoms with Gasteiger partial charge in [-0.25, -0.2) is 9.97 Å². The first-order valence-electron chi connectivity index (χ1n) is 7.88. The Balaban J connectivity index is 1.55. The number of anilines is 1. The minimum Gasteiger partial charge on any atom is -0.302 e. The predicted octanol–water partition coefficient (Wildman–Crippen LogP) is 2.83. The number of thioether (sulfide) groups is 1. The first-order valence-corrected chi connectivity index (χ1v) is 9.69. The van der Waals surface area contributed by atoms with Crippen molar-refractivity contribution in [3.63, 3.8) is 0 Å². The van der Waals surface area contributed by atoms with E-state index in [1.807, 2.05) is 19.1 Å². The van der Waals surface area contributed by atoms with Crippen molar-refractivity contribution < 1.29 is 4.79 Å². The Hall–Kier alpha value is -2.19. The molecule has 8 heteroatoms. The summed E-state index contributed by atoms with van der Waals surface area (Å²) in [5.41, 5.74) is 2.55. The van der Waals surface area contributed by atoms with Gasteiger partial charge in [-0.1, -0.05) is 29.2 Å². The number of aromatic nitrogens is 3. The summed E-state index contributed by atoms with van der Waals surface area (Å²) in [5.74, 6) is 0.209. The molecule has 4 rings (SSSR count). The quantitative estimate of drug-likeness (QED) is 0.700. The van der Waals surface area contributed by atoms with Gasteiger partial charge in [0, 0.05) is 24.1 Å². The SMILES string of the molecule is Cc1ccc2nc(NC(=O)C3CSc4ncc(C)c(=O)n4C3)sc2c1. The number of aryl methyl sites for hydroxylation is 2. The molecule has 0 aliphatic carbocycles. The molecule has 3 aromatic rings. The maximum atomic E-state index is 12.6. The summed E-state index contributed by atoms with van der Waals surface area (Å²) >= 11 is 2.90. The molecule has 1 aliphatic rings. The third kappa shape index (κ3) is 3.07. The van der Waals surface area contributed by atoms with E-state index in [-0.39, 0.29) is 17.4 Å². The van der Waals surface area contributed by atoms with Crippen LogP contribution >= 0.6 is 23.1 Å². The zero-order valence-corrected chi connectivity index (χ0v) is 15.4. The van der Waals surface area contributed by atoms with Crippen LogP contribution in [0.1, 0.15) is 11.1 Å². The van der Waals surface area contributed by atoms with Crippen LogP contribution in [0, 0.1) is 19.8 Å². The molecule has 0 bridgehead atoms. The van der Waals surface area contributed by atoms with Crippen molar-refractivity contribution in [2.24, 2.45) is 5.92 Å². The van der Waals surface area contributed by atoms with E-state index in [4.69, 9.17) is 0 Å². The molecule has 6 nitrogen and oxygen atoms in total. The maximum Gasteiger partial charge on any atom is 0.257 e. The van der Waals surface area contributed by atoms with Crippen LogP contribution in [0.15, 0.2) is 34.3 Å². The van der Waals surface area contributed by atoms with Gasteiger partial charge in [0.05, 0.1) is 16.1 Å². The number of rotatable bonds is 2. The molecule has 0 saturated heterocycles. The fraction of sp³-hybridized carbons (Fsp3) is 0.294. The van der Waals surface area contributed by atoms with Crippen LogP contribution in [-0.2, 0) is 11.3 Å². The first kappa shape index (κ1) is 16.3. The van der Waals surface area contributed by atoms with Gasteiger partial charge in [-0.3, -0.25) is 14.2 Å². The van der Waals surface area contributed by atoms with E-state index >= 15 is 0 Å². The normalized spacial score (nSPS) is 16.6. The molecule has 1 aliphatic heterocycles. The minimum atomic E-state index is -0.285. The second-order valence-corrected chi connectivity index (χ2v) is 8.14. The Morgan fingerprint density at radius 2 is 2.20 bits per heavy atom. The highest BCUT2D eigenvalue weighted by atomic mass is 32.2. The maximum absolute atomic E-state index is 12.6. The Kier molecular flexibility index (Phi) is 4.09. The smallest absolute Gasteiger partial charge is 0.257 e. The number of hydrogen-bond donors (Lipinski definition) is 1. The molecule has 1 amide bonds. The second kappa shape index (κ2) is 6.27. The molecule has 2 aromatic heterocycles. The monoisotopic (exact) mass is 372 g/mol. The van der Waals surface area contributed by atoms with Crippen LogP contribution in [0.4, 0.5) is 5.13 Å². The Bertz CT molecular complexity index is 1040. The van der Waals surface area contributed by atoms with Gasteiger partial charge in [-0.15, -0.1) is 0 Å². The lowest BCUT2D eigenvalue weighted by atomic mass is 10.1. The molecule has 0 radical (unpaired) electrons. The van der Waals surface area contributed by atoms with Gasteiger partial charge in [0.2, 0.25) is 5.91 Å². The third-order valence-electron chi connectivity index (χ3n) is 4.14. The van der Waals surface area contributed by atoms with E-state index in [9.17, 15) is 9.59 Å². The minimum absolute atomic E-state index is 0.0783. The molecule has 0 fully saturated rings. The summed E-state index contributed by atoms with van der Waals surface area (Å²) in [5, 5.41) is 4.17. The average Bonchev–Trinajstić information content (AvgIpc) is 2.99. The lowest BCUT2D eigenvalue weighted by Crippen LogP contribution is -2.37. The van der Waals surface area contributed by atoms with E-state index < -0.39 is 0 Å². The van der Waals surface area contributed by atoms with Gasteiger partial charge >= 0.3 is 0 Å². The number of amides is 1. The number of hydrogen-bond acceptors (Lipinski definition) is 6. The average molecular weight is 372 g/mol. The van der Waals surface area contributed by atoms with Gasteiger partial charge < -0.3 is 5.32 Å². The number of thiazole rings is 1. The number of carbonyl (C=O) groups is 1. The first-order chi connectivity index (χ1) is 12.0. The van der Waals surface area contributed by atoms with Gasteiger partial charge in [0.1, 0.15) is 0 Å². The molecule has 3 heterocycles. The van der Waals surface area contributed by atoms with Crippen LogP contribution < -0.4 is 10.9 Å². The van der Waals surface area contributed by atoms with Gasteiger partial charge in [0.25, 0.3) is 5.56 Å². The highest BCUT2D eigenvalue weighted by Gasteiger charge is 2.27. The van der Waals surface area contributed by atoms with Crippen LogP contribution in [-0.4, -0.2) is 26.2 Å². The second-order valence-electron chi connectivity index (χ2n) is 6.13. The number of benzene rings is 1. The third-order valence-corrected chi connectivity index (χ3v) is 6.23. The zero-order valence-electron chi connectivity index (χ0n) is 13.8. The molecule has 25 heavy (non-hydrogen) atoms. The highest BCUT2D eigenvalue weighted by Crippen LogP contribution is 2.29. The van der Waals surface area contributed by atoms with E-state index in [2.05, 4.69) is 21.4 Å².